The lowest BCUT2D eigenvalue weighted by Crippen LogP contribution is -2.22. The molecule has 0 saturated heterocycles. The Balaban J connectivity index is 1.91. The van der Waals surface area contributed by atoms with E-state index in [2.05, 4.69) is 60.5 Å². The van der Waals surface area contributed by atoms with Crippen molar-refractivity contribution < 1.29 is 0 Å². The molecule has 116 valence electrons. The van der Waals surface area contributed by atoms with Crippen molar-refractivity contribution in [3.05, 3.63) is 65.2 Å². The van der Waals surface area contributed by atoms with Gasteiger partial charge in [-0.2, -0.15) is 0 Å². The van der Waals surface area contributed by atoms with Gasteiger partial charge in [-0.15, -0.1) is 0 Å². The van der Waals surface area contributed by atoms with Crippen molar-refractivity contribution in [3.63, 3.8) is 0 Å². The zero-order valence-electron chi connectivity index (χ0n) is 13.5. The smallest absolute Gasteiger partial charge is 0.193 e. The van der Waals surface area contributed by atoms with Crippen LogP contribution in [0.3, 0.4) is 0 Å². The van der Waals surface area contributed by atoms with Crippen molar-refractivity contribution in [1.29, 1.82) is 0 Å². The largest absolute Gasteiger partial charge is 0.370 e. The van der Waals surface area contributed by atoms with Crippen LogP contribution in [-0.2, 0) is 13.1 Å². The predicted molar refractivity (Wildman–Crippen MR) is 94.0 cm³/mol. The molecular weight excluding hydrogens is 272 g/mol. The number of guanidine groups is 1. The van der Waals surface area contributed by atoms with E-state index in [0.29, 0.717) is 12.5 Å². The van der Waals surface area contributed by atoms with Crippen LogP contribution in [0.5, 0.6) is 0 Å². The maximum Gasteiger partial charge on any atom is 0.193 e. The van der Waals surface area contributed by atoms with Crippen molar-refractivity contribution in [2.75, 3.05) is 19.4 Å². The van der Waals surface area contributed by atoms with Gasteiger partial charge in [0.1, 0.15) is 0 Å². The Morgan fingerprint density at radius 3 is 2.18 bits per heavy atom. The van der Waals surface area contributed by atoms with E-state index in [1.807, 2.05) is 24.3 Å². The third-order valence-electron chi connectivity index (χ3n) is 3.28. The second-order valence-electron chi connectivity index (χ2n) is 5.75. The van der Waals surface area contributed by atoms with E-state index >= 15 is 0 Å². The average Bonchev–Trinajstić information content (AvgIpc) is 2.48. The molecule has 22 heavy (non-hydrogen) atoms. The molecule has 0 spiro atoms. The molecular formula is C18H24N4. The zero-order valence-corrected chi connectivity index (χ0v) is 13.5. The van der Waals surface area contributed by atoms with Gasteiger partial charge in [0, 0.05) is 12.2 Å². The fourth-order valence-electron chi connectivity index (χ4n) is 2.12. The molecule has 2 aromatic rings. The maximum atomic E-state index is 5.92. The highest BCUT2D eigenvalue weighted by Crippen LogP contribution is 2.09. The molecule has 0 radical (unpaired) electrons. The van der Waals surface area contributed by atoms with Crippen LogP contribution in [0.25, 0.3) is 0 Å². The SMILES string of the molecule is Cc1ccc(NC(N)=NCc2ccc(CN(C)C)cc2)cc1. The second kappa shape index (κ2) is 7.61. The van der Waals surface area contributed by atoms with Crippen LogP contribution in [0.1, 0.15) is 16.7 Å². The number of nitrogens with zero attached hydrogens (tertiary/aromatic N) is 2. The van der Waals surface area contributed by atoms with E-state index in [4.69, 9.17) is 5.73 Å². The molecule has 0 aromatic heterocycles. The molecule has 2 aromatic carbocycles. The molecule has 3 N–H and O–H groups in total. The first-order chi connectivity index (χ1) is 10.5. The number of benzene rings is 2. The van der Waals surface area contributed by atoms with E-state index in [1.54, 1.807) is 0 Å². The number of nitrogens with two attached hydrogens (primary N) is 1. The highest BCUT2D eigenvalue weighted by Gasteiger charge is 1.98. The summed E-state index contributed by atoms with van der Waals surface area (Å²) in [6, 6.07) is 16.5. The lowest BCUT2D eigenvalue weighted by Gasteiger charge is -2.10. The van der Waals surface area contributed by atoms with Crippen molar-refractivity contribution >= 4 is 11.6 Å². The lowest BCUT2D eigenvalue weighted by molar-refractivity contribution is 0.402. The lowest BCUT2D eigenvalue weighted by atomic mass is 10.1. The molecule has 0 aliphatic heterocycles. The summed E-state index contributed by atoms with van der Waals surface area (Å²) >= 11 is 0. The number of hydrogen-bond donors (Lipinski definition) is 2. The summed E-state index contributed by atoms with van der Waals surface area (Å²) in [6.07, 6.45) is 0. The summed E-state index contributed by atoms with van der Waals surface area (Å²) in [7, 11) is 4.13. The topological polar surface area (TPSA) is 53.6 Å². The minimum absolute atomic E-state index is 0.432. The second-order valence-corrected chi connectivity index (χ2v) is 5.75. The minimum atomic E-state index is 0.432. The normalized spacial score (nSPS) is 11.7. The number of aliphatic imine (C=N–C) groups is 1. The van der Waals surface area contributed by atoms with Crippen LogP contribution in [0.4, 0.5) is 5.69 Å². The Hall–Kier alpha value is -2.33. The van der Waals surface area contributed by atoms with Gasteiger partial charge in [0.15, 0.2) is 5.96 Å². The van der Waals surface area contributed by atoms with Gasteiger partial charge in [-0.05, 0) is 44.3 Å². The Morgan fingerprint density at radius 2 is 1.59 bits per heavy atom. The minimum Gasteiger partial charge on any atom is -0.370 e. The summed E-state index contributed by atoms with van der Waals surface area (Å²) < 4.78 is 0. The Labute approximate surface area is 132 Å². The van der Waals surface area contributed by atoms with Gasteiger partial charge in [0.05, 0.1) is 6.54 Å². The van der Waals surface area contributed by atoms with Crippen LogP contribution in [0, 0.1) is 6.92 Å². The Bertz CT molecular complexity index is 613. The summed E-state index contributed by atoms with van der Waals surface area (Å²) in [5.41, 5.74) is 10.5. The number of hydrogen-bond acceptors (Lipinski definition) is 2. The molecule has 0 amide bonds. The van der Waals surface area contributed by atoms with Crippen LogP contribution >= 0.6 is 0 Å². The number of aryl methyl sites for hydroxylation is 1. The molecule has 0 bridgehead atoms. The van der Waals surface area contributed by atoms with E-state index in [0.717, 1.165) is 17.8 Å². The maximum absolute atomic E-state index is 5.92. The quantitative estimate of drug-likeness (QED) is 0.659. The van der Waals surface area contributed by atoms with Gasteiger partial charge in [-0.25, -0.2) is 4.99 Å². The van der Waals surface area contributed by atoms with Crippen LogP contribution in [-0.4, -0.2) is 25.0 Å². The first-order valence-corrected chi connectivity index (χ1v) is 7.39. The van der Waals surface area contributed by atoms with E-state index in [9.17, 15) is 0 Å². The molecule has 0 heterocycles. The molecule has 0 atom stereocenters. The van der Waals surface area contributed by atoms with Crippen molar-refractivity contribution in [2.24, 2.45) is 10.7 Å². The van der Waals surface area contributed by atoms with Gasteiger partial charge in [-0.3, -0.25) is 0 Å². The fourth-order valence-corrected chi connectivity index (χ4v) is 2.12. The fraction of sp³-hybridized carbons (Fsp3) is 0.278. The molecule has 0 unspecified atom stereocenters. The first kappa shape index (κ1) is 16.0. The van der Waals surface area contributed by atoms with Crippen molar-refractivity contribution in [3.8, 4) is 0 Å². The predicted octanol–water partition coefficient (Wildman–Crippen LogP) is 2.98. The molecule has 0 aliphatic carbocycles. The molecule has 0 saturated carbocycles. The highest BCUT2D eigenvalue weighted by molar-refractivity contribution is 5.92. The molecule has 0 fully saturated rings. The Kier molecular flexibility index (Phi) is 5.55. The monoisotopic (exact) mass is 296 g/mol. The molecule has 0 aliphatic rings. The number of nitrogens with one attached hydrogen (secondary N) is 1. The van der Waals surface area contributed by atoms with Crippen LogP contribution in [0.2, 0.25) is 0 Å². The number of anilines is 1. The summed E-state index contributed by atoms with van der Waals surface area (Å²) in [6.45, 7) is 3.58. The Morgan fingerprint density at radius 1 is 1.00 bits per heavy atom. The summed E-state index contributed by atoms with van der Waals surface area (Å²) in [5.74, 6) is 0.432. The molecule has 4 nitrogen and oxygen atoms in total. The van der Waals surface area contributed by atoms with Crippen LogP contribution < -0.4 is 11.1 Å². The first-order valence-electron chi connectivity index (χ1n) is 7.39. The van der Waals surface area contributed by atoms with E-state index < -0.39 is 0 Å². The average molecular weight is 296 g/mol. The van der Waals surface area contributed by atoms with E-state index in [-0.39, 0.29) is 0 Å². The van der Waals surface area contributed by atoms with Gasteiger partial charge in [0.25, 0.3) is 0 Å². The van der Waals surface area contributed by atoms with Crippen molar-refractivity contribution in [1.82, 2.24) is 4.90 Å². The third-order valence-corrected chi connectivity index (χ3v) is 3.28. The summed E-state index contributed by atoms with van der Waals surface area (Å²) in [5, 5.41) is 3.10. The zero-order chi connectivity index (χ0) is 15.9. The van der Waals surface area contributed by atoms with Gasteiger partial charge < -0.3 is 16.0 Å². The standard InChI is InChI=1S/C18H24N4/c1-14-4-10-17(11-5-14)21-18(19)20-12-15-6-8-16(9-7-15)13-22(2)3/h4-11H,12-13H2,1-3H3,(H3,19,20,21). The van der Waals surface area contributed by atoms with Gasteiger partial charge in [0.2, 0.25) is 0 Å². The third kappa shape index (κ3) is 5.22. The van der Waals surface area contributed by atoms with Gasteiger partial charge >= 0.3 is 0 Å². The number of rotatable bonds is 5. The summed E-state index contributed by atoms with van der Waals surface area (Å²) in [4.78, 5) is 6.53. The molecule has 4 heteroatoms. The van der Waals surface area contributed by atoms with Gasteiger partial charge in [-0.1, -0.05) is 42.0 Å². The molecule has 2 rings (SSSR count). The van der Waals surface area contributed by atoms with E-state index in [1.165, 1.54) is 11.1 Å². The van der Waals surface area contributed by atoms with Crippen LogP contribution in [0.15, 0.2) is 53.5 Å². The highest BCUT2D eigenvalue weighted by atomic mass is 15.1. The van der Waals surface area contributed by atoms with Crippen molar-refractivity contribution in [2.45, 2.75) is 20.0 Å².